The van der Waals surface area contributed by atoms with Crippen molar-refractivity contribution in [3.63, 3.8) is 0 Å². The van der Waals surface area contributed by atoms with Crippen molar-refractivity contribution in [3.05, 3.63) is 70.6 Å². The van der Waals surface area contributed by atoms with Crippen LogP contribution in [0.25, 0.3) is 32.0 Å². The van der Waals surface area contributed by atoms with E-state index in [1.807, 2.05) is 56.6 Å². The minimum absolute atomic E-state index is 0.0149. The van der Waals surface area contributed by atoms with E-state index in [1.165, 1.54) is 11.3 Å². The number of carbonyl (C=O) groups excluding carboxylic acids is 1. The zero-order valence-corrected chi connectivity index (χ0v) is 21.3. The van der Waals surface area contributed by atoms with Crippen LogP contribution in [0, 0.1) is 0 Å². The zero-order valence-electron chi connectivity index (χ0n) is 20.5. The van der Waals surface area contributed by atoms with Gasteiger partial charge in [-0.25, -0.2) is 9.78 Å². The number of rotatable bonds is 6. The van der Waals surface area contributed by atoms with Crippen molar-refractivity contribution in [1.82, 2.24) is 9.88 Å². The van der Waals surface area contributed by atoms with Gasteiger partial charge in [0.2, 0.25) is 0 Å². The molecule has 0 unspecified atom stereocenters. The predicted octanol–water partition coefficient (Wildman–Crippen LogP) is 4.93. The van der Waals surface area contributed by atoms with Gasteiger partial charge in [-0.15, -0.1) is 0 Å². The van der Waals surface area contributed by atoms with Gasteiger partial charge in [-0.05, 0) is 50.0 Å². The molecule has 0 saturated heterocycles. The molecule has 5 aromatic rings. The third kappa shape index (κ3) is 4.41. The molecule has 37 heavy (non-hydrogen) atoms. The molecule has 9 heteroatoms. The van der Waals surface area contributed by atoms with Crippen LogP contribution in [0.5, 0.6) is 11.5 Å². The minimum atomic E-state index is -0.663. The molecule has 0 radical (unpaired) electrons. The highest BCUT2D eigenvalue weighted by Crippen LogP contribution is 2.39. The Kier molecular flexibility index (Phi) is 6.02. The number of hydrogen-bond acceptors (Lipinski definition) is 8. The van der Waals surface area contributed by atoms with Crippen LogP contribution in [0.15, 0.2) is 63.8 Å². The minimum Gasteiger partial charge on any atom is -0.486 e. The van der Waals surface area contributed by atoms with Crippen LogP contribution < -0.4 is 20.0 Å². The summed E-state index contributed by atoms with van der Waals surface area (Å²) in [5, 5.41) is 3.16. The normalized spacial score (nSPS) is 13.1. The number of anilines is 1. The van der Waals surface area contributed by atoms with Crippen LogP contribution in [0.2, 0.25) is 0 Å². The van der Waals surface area contributed by atoms with Gasteiger partial charge in [0.15, 0.2) is 16.6 Å². The summed E-state index contributed by atoms with van der Waals surface area (Å²) in [6, 6.07) is 16.9. The summed E-state index contributed by atoms with van der Waals surface area (Å²) in [6.45, 7) is 2.15. The van der Waals surface area contributed by atoms with Crippen molar-refractivity contribution in [2.24, 2.45) is 0 Å². The standard InChI is InChI=1S/C28H25N3O5S/c1-30(2)10-5-11-31(28-29-21-15-23-24(16-25(21)37-28)35-13-12-34-23)26(32)20-14-19-18-7-4-3-6-17(18)8-9-22(19)36-27(20)33/h3-4,6-9,14-16H,5,10-13H2,1-2H3. The van der Waals surface area contributed by atoms with Crippen molar-refractivity contribution in [2.45, 2.75) is 6.42 Å². The van der Waals surface area contributed by atoms with Crippen LogP contribution in [0.1, 0.15) is 16.8 Å². The molecule has 1 amide bonds. The largest absolute Gasteiger partial charge is 0.486 e. The first kappa shape index (κ1) is 23.4. The van der Waals surface area contributed by atoms with E-state index in [9.17, 15) is 9.59 Å². The molecule has 0 saturated carbocycles. The summed E-state index contributed by atoms with van der Waals surface area (Å²) in [4.78, 5) is 35.3. The van der Waals surface area contributed by atoms with Gasteiger partial charge in [0, 0.05) is 24.1 Å². The molecule has 0 fully saturated rings. The number of amides is 1. The average Bonchev–Trinajstić information content (AvgIpc) is 3.31. The molecule has 1 aliphatic heterocycles. The molecule has 0 bridgehead atoms. The molecule has 0 N–H and O–H groups in total. The van der Waals surface area contributed by atoms with Crippen molar-refractivity contribution in [1.29, 1.82) is 0 Å². The van der Waals surface area contributed by atoms with Crippen molar-refractivity contribution in [2.75, 3.05) is 45.3 Å². The molecule has 0 aliphatic carbocycles. The van der Waals surface area contributed by atoms with E-state index in [1.54, 1.807) is 17.0 Å². The number of carbonyl (C=O) groups is 1. The van der Waals surface area contributed by atoms with E-state index in [0.717, 1.165) is 27.4 Å². The molecule has 2 aromatic heterocycles. The summed E-state index contributed by atoms with van der Waals surface area (Å²) in [5.74, 6) is 0.878. The first-order chi connectivity index (χ1) is 18.0. The number of nitrogens with zero attached hydrogens (tertiary/aromatic N) is 3. The van der Waals surface area contributed by atoms with Gasteiger partial charge >= 0.3 is 5.63 Å². The van der Waals surface area contributed by atoms with Gasteiger partial charge in [0.25, 0.3) is 5.91 Å². The van der Waals surface area contributed by atoms with E-state index in [-0.39, 0.29) is 5.56 Å². The monoisotopic (exact) mass is 515 g/mol. The second kappa shape index (κ2) is 9.49. The molecular formula is C28H25N3O5S. The Hall–Kier alpha value is -3.95. The average molecular weight is 516 g/mol. The first-order valence-electron chi connectivity index (χ1n) is 12.1. The van der Waals surface area contributed by atoms with Crippen LogP contribution in [0.3, 0.4) is 0 Å². The topological polar surface area (TPSA) is 85.1 Å². The fourth-order valence-electron chi connectivity index (χ4n) is 4.56. The molecular weight excluding hydrogens is 490 g/mol. The molecule has 0 spiro atoms. The highest BCUT2D eigenvalue weighted by molar-refractivity contribution is 7.22. The van der Waals surface area contributed by atoms with Crippen molar-refractivity contribution in [3.8, 4) is 11.5 Å². The highest BCUT2D eigenvalue weighted by atomic mass is 32.1. The Morgan fingerprint density at radius 3 is 2.57 bits per heavy atom. The van der Waals surface area contributed by atoms with E-state index < -0.39 is 11.5 Å². The lowest BCUT2D eigenvalue weighted by molar-refractivity contribution is 0.0982. The lowest BCUT2D eigenvalue weighted by Crippen LogP contribution is -2.36. The maximum Gasteiger partial charge on any atom is 0.349 e. The Morgan fingerprint density at radius 1 is 0.973 bits per heavy atom. The van der Waals surface area contributed by atoms with Crippen LogP contribution in [-0.4, -0.2) is 56.2 Å². The fourth-order valence-corrected chi connectivity index (χ4v) is 5.56. The molecule has 1 aliphatic rings. The van der Waals surface area contributed by atoms with Crippen LogP contribution >= 0.6 is 11.3 Å². The van der Waals surface area contributed by atoms with Crippen molar-refractivity contribution >= 4 is 54.3 Å². The predicted molar refractivity (Wildman–Crippen MR) is 145 cm³/mol. The summed E-state index contributed by atoms with van der Waals surface area (Å²) < 4.78 is 17.9. The number of aromatic nitrogens is 1. The molecule has 0 atom stereocenters. The molecule has 6 rings (SSSR count). The summed E-state index contributed by atoms with van der Waals surface area (Å²) in [5.41, 5.74) is 0.485. The van der Waals surface area contributed by atoms with Crippen LogP contribution in [0.4, 0.5) is 5.13 Å². The van der Waals surface area contributed by atoms with Gasteiger partial charge in [-0.1, -0.05) is 41.7 Å². The van der Waals surface area contributed by atoms with E-state index >= 15 is 0 Å². The second-order valence-corrected chi connectivity index (χ2v) is 10.2. The molecule has 3 heterocycles. The number of hydrogen-bond donors (Lipinski definition) is 0. The SMILES string of the molecule is CN(C)CCCN(C(=O)c1cc2c(ccc3ccccc32)oc1=O)c1nc2cc3c(cc2s1)OCCO3. The Labute approximate surface area is 216 Å². The van der Waals surface area contributed by atoms with Gasteiger partial charge in [0.1, 0.15) is 24.4 Å². The number of benzene rings is 3. The smallest absolute Gasteiger partial charge is 0.349 e. The lowest BCUT2D eigenvalue weighted by Gasteiger charge is -2.20. The number of thiazole rings is 1. The second-order valence-electron chi connectivity index (χ2n) is 9.22. The van der Waals surface area contributed by atoms with Gasteiger partial charge in [-0.3, -0.25) is 9.69 Å². The van der Waals surface area contributed by atoms with Crippen molar-refractivity contribution < 1.29 is 18.7 Å². The third-order valence-electron chi connectivity index (χ3n) is 6.38. The van der Waals surface area contributed by atoms with Gasteiger partial charge < -0.3 is 18.8 Å². The van der Waals surface area contributed by atoms with E-state index in [2.05, 4.69) is 4.90 Å². The number of fused-ring (bicyclic) bond motifs is 5. The number of ether oxygens (including phenoxy) is 2. The Bertz CT molecular complexity index is 1660. The van der Waals surface area contributed by atoms with Gasteiger partial charge in [-0.2, -0.15) is 0 Å². The summed E-state index contributed by atoms with van der Waals surface area (Å²) in [6.07, 6.45) is 0.708. The van der Waals surface area contributed by atoms with E-state index in [0.29, 0.717) is 53.9 Å². The third-order valence-corrected chi connectivity index (χ3v) is 7.42. The fraction of sp³-hybridized carbons (Fsp3) is 0.250. The Balaban J connectivity index is 1.44. The van der Waals surface area contributed by atoms with Gasteiger partial charge in [0.05, 0.1) is 10.2 Å². The van der Waals surface area contributed by atoms with Crippen LogP contribution in [-0.2, 0) is 0 Å². The molecule has 188 valence electrons. The highest BCUT2D eigenvalue weighted by Gasteiger charge is 2.26. The Morgan fingerprint density at radius 2 is 1.76 bits per heavy atom. The maximum atomic E-state index is 13.9. The summed E-state index contributed by atoms with van der Waals surface area (Å²) in [7, 11) is 3.97. The quantitative estimate of drug-likeness (QED) is 0.234. The van der Waals surface area contributed by atoms with E-state index in [4.69, 9.17) is 18.9 Å². The first-order valence-corrected chi connectivity index (χ1v) is 12.9. The maximum absolute atomic E-state index is 13.9. The molecule has 8 nitrogen and oxygen atoms in total. The zero-order chi connectivity index (χ0) is 25.5. The summed E-state index contributed by atoms with van der Waals surface area (Å²) >= 11 is 1.38. The molecule has 3 aromatic carbocycles. The lowest BCUT2D eigenvalue weighted by atomic mass is 10.0.